The average Bonchev–Trinajstić information content (AvgIpc) is 3.77. The van der Waals surface area contributed by atoms with Gasteiger partial charge in [0.05, 0.1) is 43.5 Å². The summed E-state index contributed by atoms with van der Waals surface area (Å²) in [5, 5.41) is 17.8. The van der Waals surface area contributed by atoms with Crippen LogP contribution >= 0.6 is 23.2 Å². The van der Waals surface area contributed by atoms with Gasteiger partial charge in [-0.2, -0.15) is 0 Å². The van der Waals surface area contributed by atoms with E-state index in [1.54, 1.807) is 87.3 Å². The minimum Gasteiger partial charge on any atom is -0.460 e. The molecule has 1 aromatic heterocycles. The van der Waals surface area contributed by atoms with Gasteiger partial charge in [-0.3, -0.25) is 28.8 Å². The Morgan fingerprint density at radius 3 is 2.15 bits per heavy atom. The molecule has 2 aliphatic rings. The Balaban J connectivity index is 1.33. The molecule has 0 spiro atoms. The number of halogens is 2. The number of aromatic nitrogens is 2. The van der Waals surface area contributed by atoms with Gasteiger partial charge in [-0.15, -0.1) is 0 Å². The van der Waals surface area contributed by atoms with E-state index in [-0.39, 0.29) is 62.6 Å². The van der Waals surface area contributed by atoms with Crippen LogP contribution in [-0.4, -0.2) is 140 Å². The van der Waals surface area contributed by atoms with E-state index in [1.807, 2.05) is 79.3 Å². The predicted octanol–water partition coefficient (Wildman–Crippen LogP) is 8.15. The average molecular weight is 1140 g/mol. The molecule has 0 bridgehead atoms. The molecule has 6 atom stereocenters. The first kappa shape index (κ1) is 60.8. The number of imidazole rings is 1. The fourth-order valence-corrected chi connectivity index (χ4v) is 10.9. The highest BCUT2D eigenvalue weighted by atomic mass is 35.5. The third-order valence-electron chi connectivity index (χ3n) is 14.8. The zero-order chi connectivity index (χ0) is 57.8. The zero-order valence-electron chi connectivity index (χ0n) is 47.1. The molecule has 5 aromatic rings. The number of esters is 1. The number of fused-ring (bicyclic) bond motifs is 1. The summed E-state index contributed by atoms with van der Waals surface area (Å²) < 4.78 is 14.3. The molecule has 0 radical (unpaired) electrons. The van der Waals surface area contributed by atoms with E-state index in [4.69, 9.17) is 32.7 Å². The Labute approximate surface area is 479 Å². The van der Waals surface area contributed by atoms with Gasteiger partial charge in [0.15, 0.2) is 0 Å². The lowest BCUT2D eigenvalue weighted by Gasteiger charge is -2.40. The van der Waals surface area contributed by atoms with Crippen molar-refractivity contribution in [2.75, 3.05) is 34.8 Å². The molecular weight excluding hydrogens is 1060 g/mol. The topological polar surface area (TPSA) is 196 Å². The molecule has 2 fully saturated rings. The van der Waals surface area contributed by atoms with Crippen LogP contribution in [0.3, 0.4) is 0 Å². The Kier molecular flexibility index (Phi) is 21.0. The molecule has 7 rings (SSSR count). The van der Waals surface area contributed by atoms with E-state index < -0.39 is 72.0 Å². The summed E-state index contributed by atoms with van der Waals surface area (Å²) in [6, 6.07) is 24.0. The third kappa shape index (κ3) is 16.4. The molecule has 80 heavy (non-hydrogen) atoms. The number of carbonyl (C=O) groups is 6. The van der Waals surface area contributed by atoms with Gasteiger partial charge < -0.3 is 49.4 Å². The first-order valence-electron chi connectivity index (χ1n) is 27.3. The van der Waals surface area contributed by atoms with Crippen molar-refractivity contribution in [1.82, 2.24) is 39.8 Å². The van der Waals surface area contributed by atoms with Crippen LogP contribution < -0.4 is 15.4 Å². The highest BCUT2D eigenvalue weighted by Crippen LogP contribution is 2.34. The molecular formula is C61H76Cl2N8O9. The number of aliphatic hydroxyl groups excluding tert-OH is 1. The molecule has 1 saturated heterocycles. The van der Waals surface area contributed by atoms with Gasteiger partial charge in [-0.05, 0) is 127 Å². The smallest absolute Gasteiger partial charge is 0.306 e. The van der Waals surface area contributed by atoms with Crippen molar-refractivity contribution in [3.8, 4) is 22.8 Å². The fraction of sp³-hybridized carbons (Fsp3) is 0.459. The van der Waals surface area contributed by atoms with Crippen molar-refractivity contribution < 1.29 is 43.3 Å². The Morgan fingerprint density at radius 1 is 0.800 bits per heavy atom. The van der Waals surface area contributed by atoms with E-state index in [0.29, 0.717) is 40.7 Å². The van der Waals surface area contributed by atoms with Crippen LogP contribution in [0.1, 0.15) is 94.7 Å². The summed E-state index contributed by atoms with van der Waals surface area (Å²) in [6.45, 7) is 4.67. The highest BCUT2D eigenvalue weighted by Gasteiger charge is 2.40. The summed E-state index contributed by atoms with van der Waals surface area (Å²) in [4.78, 5) is 99.9. The molecule has 17 nitrogen and oxygen atoms in total. The molecule has 3 N–H and O–H groups in total. The number of benzene rings is 4. The quantitative estimate of drug-likeness (QED) is 0.0856. The third-order valence-corrected chi connectivity index (χ3v) is 15.3. The number of rotatable bonds is 15. The Morgan fingerprint density at radius 2 is 1.48 bits per heavy atom. The minimum absolute atomic E-state index is 0.146. The molecule has 1 saturated carbocycles. The summed E-state index contributed by atoms with van der Waals surface area (Å²) in [5.74, 6) is -2.86. The summed E-state index contributed by atoms with van der Waals surface area (Å²) >= 11 is 12.9. The Hall–Kier alpha value is -6.79. The van der Waals surface area contributed by atoms with Crippen molar-refractivity contribution in [2.45, 2.75) is 134 Å². The second kappa shape index (κ2) is 27.6. The monoisotopic (exact) mass is 1130 g/mol. The lowest BCUT2D eigenvalue weighted by molar-refractivity contribution is -0.156. The van der Waals surface area contributed by atoms with Gasteiger partial charge in [0.25, 0.3) is 0 Å². The number of nitrogens with zero attached hydrogens (tertiary/aromatic N) is 6. The minimum atomic E-state index is -1.56. The standard InChI is InChI=1S/C61H76Cl2N8O9/c1-61(2,3)80-57(75)29-28-51-58(76)66-49(38-72)60(78)68(6)46(31-40-18-23-44(62)24-19-40)34-55(73)65-48-16-12-13-17-50(48)70(8)59(77)43(30-39-14-10-9-11-15-39)32-56(74)71(51)36-42-20-25-45(63)33-53(42)79-47-26-21-41(22-27-47)52-35-64-54(69(52)7)37-67(4)5/h9-11,14-15,18-27,33,35,43,46,48-51,72H,12-13,16-17,28-32,34,36-38H2,1-8H3,(H,65,73)(H,66,76)/t43-,46+,48+,49+,50+,51-/m1/s1. The van der Waals surface area contributed by atoms with E-state index in [9.17, 15) is 19.5 Å². The van der Waals surface area contributed by atoms with E-state index >= 15 is 14.4 Å². The van der Waals surface area contributed by atoms with Crippen molar-refractivity contribution in [3.05, 3.63) is 136 Å². The lowest BCUT2D eigenvalue weighted by atomic mass is 9.87. The largest absolute Gasteiger partial charge is 0.460 e. The summed E-state index contributed by atoms with van der Waals surface area (Å²) in [5.41, 5.74) is 2.91. The number of carbonyl (C=O) groups excluding carboxylic acids is 6. The maximum Gasteiger partial charge on any atom is 0.306 e. The van der Waals surface area contributed by atoms with Crippen LogP contribution in [0.25, 0.3) is 11.3 Å². The van der Waals surface area contributed by atoms with Gasteiger partial charge in [0.1, 0.15) is 35.0 Å². The fourth-order valence-electron chi connectivity index (χ4n) is 10.6. The van der Waals surface area contributed by atoms with Crippen LogP contribution in [0.2, 0.25) is 10.0 Å². The van der Waals surface area contributed by atoms with E-state index in [1.165, 1.54) is 16.8 Å². The number of nitrogens with one attached hydrogen (secondary N) is 2. The molecule has 4 aromatic carbocycles. The maximum absolute atomic E-state index is 15.7. The number of amides is 5. The predicted molar refractivity (Wildman–Crippen MR) is 308 cm³/mol. The zero-order valence-corrected chi connectivity index (χ0v) is 48.6. The summed E-state index contributed by atoms with van der Waals surface area (Å²) in [6.07, 6.45) is 3.83. The summed E-state index contributed by atoms with van der Waals surface area (Å²) in [7, 11) is 9.14. The molecule has 1 aliphatic heterocycles. The lowest BCUT2D eigenvalue weighted by Crippen LogP contribution is -2.59. The van der Waals surface area contributed by atoms with E-state index in [2.05, 4.69) is 15.6 Å². The van der Waals surface area contributed by atoms with Crippen LogP contribution in [0.15, 0.2) is 103 Å². The van der Waals surface area contributed by atoms with Crippen molar-refractivity contribution in [1.29, 1.82) is 0 Å². The number of hydrogen-bond donors (Lipinski definition) is 3. The van der Waals surface area contributed by atoms with Gasteiger partial charge >= 0.3 is 5.97 Å². The molecule has 1 aliphatic carbocycles. The molecule has 19 heteroatoms. The van der Waals surface area contributed by atoms with Gasteiger partial charge in [-0.25, -0.2) is 4.98 Å². The molecule has 5 amide bonds. The molecule has 2 heterocycles. The van der Waals surface area contributed by atoms with Crippen LogP contribution in [0.4, 0.5) is 0 Å². The maximum atomic E-state index is 15.7. The molecule has 0 unspecified atom stereocenters. The van der Waals surface area contributed by atoms with Gasteiger partial charge in [0, 0.05) is 73.7 Å². The molecule has 428 valence electrons. The number of ether oxygens (including phenoxy) is 2. The van der Waals surface area contributed by atoms with Crippen LogP contribution in [0, 0.1) is 5.92 Å². The number of hydrogen-bond acceptors (Lipinski definition) is 11. The second-order valence-corrected chi connectivity index (χ2v) is 23.2. The Bertz CT molecular complexity index is 2950. The SMILES string of the molecule is CN(C)Cc1ncc(-c2ccc(Oc3cc(Cl)ccc3CN3C(=O)C[C@@H](Cc4ccccc4)C(=O)N(C)[C@H]4CCCC[C@@H]4NC(=O)C[C@H](Cc4ccc(Cl)cc4)N(C)C(=O)[C@H](CO)NC(=O)[C@H]3CCC(=O)OC(C)(C)C)cc2)n1C. The van der Waals surface area contributed by atoms with Crippen LogP contribution in [0.5, 0.6) is 11.5 Å². The van der Waals surface area contributed by atoms with Crippen molar-refractivity contribution >= 4 is 58.7 Å². The first-order valence-corrected chi connectivity index (χ1v) is 28.1. The van der Waals surface area contributed by atoms with Crippen LogP contribution in [-0.2, 0) is 66.5 Å². The highest BCUT2D eigenvalue weighted by molar-refractivity contribution is 6.31. The number of likely N-dealkylation sites (N-methyl/N-ethyl adjacent to an activating group) is 2. The number of aliphatic hydroxyl groups is 1. The second-order valence-electron chi connectivity index (χ2n) is 22.3. The van der Waals surface area contributed by atoms with Gasteiger partial charge in [-0.1, -0.05) is 84.6 Å². The van der Waals surface area contributed by atoms with E-state index in [0.717, 1.165) is 41.1 Å². The van der Waals surface area contributed by atoms with Crippen molar-refractivity contribution in [2.24, 2.45) is 13.0 Å². The normalized spacial score (nSPS) is 21.1. The van der Waals surface area contributed by atoms with Gasteiger partial charge in [0.2, 0.25) is 29.5 Å². The van der Waals surface area contributed by atoms with Crippen molar-refractivity contribution in [3.63, 3.8) is 0 Å². The first-order chi connectivity index (χ1) is 38.1.